The van der Waals surface area contributed by atoms with Gasteiger partial charge in [0.2, 0.25) is 0 Å². The van der Waals surface area contributed by atoms with Crippen molar-refractivity contribution in [1.82, 2.24) is 9.80 Å². The quantitative estimate of drug-likeness (QED) is 0.307. The summed E-state index contributed by atoms with van der Waals surface area (Å²) in [5, 5.41) is 0. The standard InChI is InChI=1S/2C14H15N2.2C2H6.2Y/c2*1-11-15-14(12-6-3-2-4-7-12)10-13-8-5-9-16(11)13;2*1-2;;/h2*2-4,6-7,14H,5,8-9H2,1H3;2*1-2H3;;/q2*-1;;;;. The molecule has 2 unspecified atom stereocenters. The van der Waals surface area contributed by atoms with Gasteiger partial charge in [-0.25, -0.2) is 0 Å². The van der Waals surface area contributed by atoms with Crippen LogP contribution < -0.4 is 0 Å². The smallest absolute Gasteiger partial charge is 0.0951 e. The van der Waals surface area contributed by atoms with E-state index in [1.165, 1.54) is 35.4 Å². The molecule has 0 saturated carbocycles. The molecule has 2 saturated heterocycles. The minimum atomic E-state index is 0. The van der Waals surface area contributed by atoms with Gasteiger partial charge in [-0.2, -0.15) is 11.4 Å². The number of fused-ring (bicyclic) bond motifs is 2. The van der Waals surface area contributed by atoms with Crippen molar-refractivity contribution in [1.29, 1.82) is 0 Å². The van der Waals surface area contributed by atoms with E-state index in [1.807, 2.05) is 39.8 Å². The van der Waals surface area contributed by atoms with Crippen molar-refractivity contribution in [3.8, 4) is 0 Å². The van der Waals surface area contributed by atoms with Gasteiger partial charge in [-0.15, -0.1) is 0 Å². The van der Waals surface area contributed by atoms with E-state index in [1.54, 1.807) is 0 Å². The van der Waals surface area contributed by atoms with E-state index in [9.17, 15) is 0 Å². The molecule has 0 N–H and O–H groups in total. The molecule has 6 rings (SSSR count). The molecule has 2 fully saturated rings. The van der Waals surface area contributed by atoms with Gasteiger partial charge in [-0.1, -0.05) is 99.5 Å². The molecule has 2 aromatic rings. The molecule has 4 nitrogen and oxygen atoms in total. The van der Waals surface area contributed by atoms with Crippen molar-refractivity contribution >= 4 is 11.7 Å². The van der Waals surface area contributed by atoms with Crippen molar-refractivity contribution in [2.45, 2.75) is 79.3 Å². The molecule has 2 radical (unpaired) electrons. The van der Waals surface area contributed by atoms with Gasteiger partial charge in [0.05, 0.1) is 11.7 Å². The van der Waals surface area contributed by atoms with E-state index in [2.05, 4.69) is 84.3 Å². The molecule has 198 valence electrons. The maximum Gasteiger partial charge on any atom is 0.0951 e. The van der Waals surface area contributed by atoms with Gasteiger partial charge < -0.3 is 22.0 Å². The zero-order chi connectivity index (χ0) is 25.9. The molecule has 2 atom stereocenters. The van der Waals surface area contributed by atoms with Gasteiger partial charge in [-0.05, 0) is 51.6 Å². The molecule has 0 aromatic heterocycles. The Morgan fingerprint density at radius 1 is 0.605 bits per heavy atom. The molecule has 0 bridgehead atoms. The van der Waals surface area contributed by atoms with Gasteiger partial charge in [0.1, 0.15) is 0 Å². The summed E-state index contributed by atoms with van der Waals surface area (Å²) >= 11 is 0. The predicted octanol–water partition coefficient (Wildman–Crippen LogP) is 7.93. The summed E-state index contributed by atoms with van der Waals surface area (Å²) in [4.78, 5) is 14.0. The summed E-state index contributed by atoms with van der Waals surface area (Å²) in [6.45, 7) is 14.4. The van der Waals surface area contributed by atoms with Crippen LogP contribution in [0.25, 0.3) is 0 Å². The van der Waals surface area contributed by atoms with Gasteiger partial charge >= 0.3 is 0 Å². The van der Waals surface area contributed by atoms with E-state index >= 15 is 0 Å². The zero-order valence-corrected chi connectivity index (χ0v) is 29.8. The SMILES string of the molecule is CC.CC.CC1=NC(c2ccccc2)[C-]=C2CCCN21.CC1=NC(c2ccccc2)[C-]=C2CCCN21.[Y].[Y]. The third-order valence-electron chi connectivity index (χ3n) is 6.49. The van der Waals surface area contributed by atoms with Crippen molar-refractivity contribution in [3.63, 3.8) is 0 Å². The fraction of sp³-hybridized carbons (Fsp3) is 0.438. The van der Waals surface area contributed by atoms with E-state index in [0.717, 1.165) is 37.6 Å². The molecular weight excluding hydrogens is 618 g/mol. The Hall–Kier alpha value is -0.932. The fourth-order valence-electron chi connectivity index (χ4n) is 4.84. The normalized spacial score (nSPS) is 20.4. The summed E-state index contributed by atoms with van der Waals surface area (Å²) < 4.78 is 0. The van der Waals surface area contributed by atoms with Gasteiger partial charge in [0.15, 0.2) is 0 Å². The molecule has 0 spiro atoms. The second-order valence-electron chi connectivity index (χ2n) is 8.67. The maximum atomic E-state index is 4.71. The molecule has 0 amide bonds. The zero-order valence-electron chi connectivity index (χ0n) is 24.1. The average molecular weight is 661 g/mol. The number of rotatable bonds is 2. The Kier molecular flexibility index (Phi) is 17.0. The summed E-state index contributed by atoms with van der Waals surface area (Å²) in [7, 11) is 0. The molecule has 0 aliphatic carbocycles. The van der Waals surface area contributed by atoms with E-state index < -0.39 is 0 Å². The minimum absolute atomic E-state index is 0. The third kappa shape index (κ3) is 9.05. The molecule has 38 heavy (non-hydrogen) atoms. The summed E-state index contributed by atoms with van der Waals surface area (Å²) in [5.41, 5.74) is 5.14. The summed E-state index contributed by atoms with van der Waals surface area (Å²) in [6, 6.07) is 21.0. The van der Waals surface area contributed by atoms with Crippen LogP contribution in [0.2, 0.25) is 0 Å². The van der Waals surface area contributed by atoms with Gasteiger partial charge in [-0.3, -0.25) is 9.98 Å². The third-order valence-corrected chi connectivity index (χ3v) is 6.49. The molecular formula is C32H42N4Y2-2. The number of allylic oxidation sites excluding steroid dienone is 2. The van der Waals surface area contributed by atoms with Crippen LogP contribution in [-0.2, 0) is 65.4 Å². The first-order valence-corrected chi connectivity index (χ1v) is 13.7. The first kappa shape index (κ1) is 35.1. The van der Waals surface area contributed by atoms with Crippen molar-refractivity contribution in [2.24, 2.45) is 9.98 Å². The van der Waals surface area contributed by atoms with Crippen molar-refractivity contribution in [2.75, 3.05) is 13.1 Å². The second-order valence-corrected chi connectivity index (χ2v) is 8.67. The Bertz CT molecular complexity index is 990. The Morgan fingerprint density at radius 2 is 0.947 bits per heavy atom. The Labute approximate surface area is 281 Å². The summed E-state index contributed by atoms with van der Waals surface area (Å²) in [6.07, 6.45) is 11.8. The molecule has 4 aliphatic heterocycles. The van der Waals surface area contributed by atoms with Crippen LogP contribution in [0.4, 0.5) is 0 Å². The van der Waals surface area contributed by atoms with Crippen molar-refractivity contribution in [3.05, 3.63) is 95.3 Å². The number of hydrogen-bond acceptors (Lipinski definition) is 4. The molecule has 6 heteroatoms. The van der Waals surface area contributed by atoms with E-state index in [4.69, 9.17) is 9.98 Å². The van der Waals surface area contributed by atoms with Crippen LogP contribution in [0.3, 0.4) is 0 Å². The maximum absolute atomic E-state index is 4.71. The fourth-order valence-corrected chi connectivity index (χ4v) is 4.84. The van der Waals surface area contributed by atoms with E-state index in [0.29, 0.717) is 0 Å². The topological polar surface area (TPSA) is 31.2 Å². The molecule has 4 heterocycles. The Morgan fingerprint density at radius 3 is 1.29 bits per heavy atom. The first-order valence-electron chi connectivity index (χ1n) is 13.7. The number of amidine groups is 2. The predicted molar refractivity (Wildman–Crippen MR) is 153 cm³/mol. The molecule has 4 aliphatic rings. The van der Waals surface area contributed by atoms with Crippen molar-refractivity contribution < 1.29 is 65.4 Å². The van der Waals surface area contributed by atoms with Gasteiger partial charge in [0.25, 0.3) is 0 Å². The molecule has 2 aromatic carbocycles. The van der Waals surface area contributed by atoms with Crippen LogP contribution in [0.5, 0.6) is 0 Å². The monoisotopic (exact) mass is 660 g/mol. The summed E-state index contributed by atoms with van der Waals surface area (Å²) in [5.74, 6) is 2.28. The van der Waals surface area contributed by atoms with Crippen LogP contribution in [0.15, 0.2) is 82.0 Å². The number of hydrogen-bond donors (Lipinski definition) is 0. The average Bonchev–Trinajstić information content (AvgIpc) is 3.63. The van der Waals surface area contributed by atoms with Crippen LogP contribution in [0, 0.1) is 12.2 Å². The second kappa shape index (κ2) is 18.4. The largest absolute Gasteiger partial charge is 0.445 e. The number of benzene rings is 2. The number of nitrogens with zero attached hydrogens (tertiary/aromatic N) is 4. The van der Waals surface area contributed by atoms with Crippen LogP contribution in [-0.4, -0.2) is 34.6 Å². The van der Waals surface area contributed by atoms with Crippen LogP contribution in [0.1, 0.15) is 90.4 Å². The minimum Gasteiger partial charge on any atom is -0.445 e. The first-order chi connectivity index (χ1) is 17.7. The van der Waals surface area contributed by atoms with Gasteiger partial charge in [0, 0.05) is 78.5 Å². The van der Waals surface area contributed by atoms with E-state index in [-0.39, 0.29) is 77.5 Å². The Balaban J connectivity index is 0.000000321. The van der Waals surface area contributed by atoms with Crippen LogP contribution >= 0.6 is 0 Å². The number of aliphatic imine (C=N–C) groups is 2.